The van der Waals surface area contributed by atoms with Gasteiger partial charge in [0.05, 0.1) is 18.9 Å². The Balaban J connectivity index is 1.80. The van der Waals surface area contributed by atoms with Gasteiger partial charge in [0.1, 0.15) is 18.2 Å². The Hall–Kier alpha value is -2.54. The normalized spacial score (nSPS) is 19.7. The lowest BCUT2D eigenvalue weighted by molar-refractivity contribution is 0.0600. The minimum atomic E-state index is -0.952. The maximum atomic E-state index is 13.8. The lowest BCUT2D eigenvalue weighted by Gasteiger charge is -2.41. The highest BCUT2D eigenvalue weighted by atomic mass is 19.1. The Labute approximate surface area is 133 Å². The summed E-state index contributed by atoms with van der Waals surface area (Å²) in [6.07, 6.45) is 3.39. The fraction of sp³-hybridized carbons (Fsp3) is 0.312. The van der Waals surface area contributed by atoms with Crippen LogP contribution in [0.1, 0.15) is 15.9 Å². The fourth-order valence-corrected chi connectivity index (χ4v) is 2.44. The third-order valence-electron chi connectivity index (χ3n) is 3.77. The standard InChI is InChI=1S/C16H17FN4O2/c1-23-16(22)12-4-2-11(3-5-12)10-21(15-13(17)8-20-15)14-9-18-6-7-19-14/h2-7,9,13,15,20H,8,10H2,1H3/t13-,15?/m1/s1. The van der Waals surface area contributed by atoms with E-state index in [2.05, 4.69) is 20.0 Å². The average Bonchev–Trinajstić information content (AvgIpc) is 2.60. The monoisotopic (exact) mass is 316 g/mol. The Morgan fingerprint density at radius 1 is 1.39 bits per heavy atom. The molecular weight excluding hydrogens is 299 g/mol. The highest BCUT2D eigenvalue weighted by molar-refractivity contribution is 5.89. The second-order valence-corrected chi connectivity index (χ2v) is 5.25. The van der Waals surface area contributed by atoms with Gasteiger partial charge in [-0.05, 0) is 17.7 Å². The zero-order chi connectivity index (χ0) is 16.2. The molecule has 7 heteroatoms. The molecule has 6 nitrogen and oxygen atoms in total. The quantitative estimate of drug-likeness (QED) is 0.844. The van der Waals surface area contributed by atoms with E-state index < -0.39 is 12.3 Å². The third-order valence-corrected chi connectivity index (χ3v) is 3.77. The molecule has 23 heavy (non-hydrogen) atoms. The van der Waals surface area contributed by atoms with Gasteiger partial charge in [-0.1, -0.05) is 12.1 Å². The summed E-state index contributed by atoms with van der Waals surface area (Å²) in [4.78, 5) is 21.6. The van der Waals surface area contributed by atoms with Crippen LogP contribution in [0.3, 0.4) is 0 Å². The number of benzene rings is 1. The summed E-state index contributed by atoms with van der Waals surface area (Å²) >= 11 is 0. The van der Waals surface area contributed by atoms with Crippen LogP contribution < -0.4 is 10.2 Å². The summed E-state index contributed by atoms with van der Waals surface area (Å²) < 4.78 is 18.5. The highest BCUT2D eigenvalue weighted by Crippen LogP contribution is 2.22. The van der Waals surface area contributed by atoms with E-state index in [1.807, 2.05) is 17.0 Å². The molecule has 1 aliphatic heterocycles. The molecule has 2 atom stereocenters. The highest BCUT2D eigenvalue weighted by Gasteiger charge is 2.36. The number of hydrogen-bond donors (Lipinski definition) is 1. The Morgan fingerprint density at radius 2 is 2.17 bits per heavy atom. The first-order chi connectivity index (χ1) is 11.2. The minimum Gasteiger partial charge on any atom is -0.465 e. The predicted molar refractivity (Wildman–Crippen MR) is 82.7 cm³/mol. The van der Waals surface area contributed by atoms with Crippen LogP contribution in [-0.2, 0) is 11.3 Å². The van der Waals surface area contributed by atoms with Crippen molar-refractivity contribution in [2.45, 2.75) is 18.9 Å². The number of carbonyl (C=O) groups excluding carboxylic acids is 1. The van der Waals surface area contributed by atoms with Crippen molar-refractivity contribution in [1.82, 2.24) is 15.3 Å². The number of nitrogens with zero attached hydrogens (tertiary/aromatic N) is 3. The molecule has 2 heterocycles. The maximum absolute atomic E-state index is 13.8. The average molecular weight is 316 g/mol. The molecule has 0 aliphatic carbocycles. The molecule has 1 aliphatic rings. The van der Waals surface area contributed by atoms with Crippen LogP contribution in [0.2, 0.25) is 0 Å². The summed E-state index contributed by atoms with van der Waals surface area (Å²) in [6.45, 7) is 0.793. The number of nitrogens with one attached hydrogen (secondary N) is 1. The summed E-state index contributed by atoms with van der Waals surface area (Å²) in [5.41, 5.74) is 1.41. The first-order valence-corrected chi connectivity index (χ1v) is 7.26. The Kier molecular flexibility index (Phi) is 4.47. The van der Waals surface area contributed by atoms with Crippen LogP contribution in [0.4, 0.5) is 10.2 Å². The van der Waals surface area contributed by atoms with Crippen LogP contribution >= 0.6 is 0 Å². The van der Waals surface area contributed by atoms with Gasteiger partial charge >= 0.3 is 5.97 Å². The van der Waals surface area contributed by atoms with Crippen molar-refractivity contribution in [3.8, 4) is 0 Å². The molecule has 0 amide bonds. The Morgan fingerprint density at radius 3 is 2.70 bits per heavy atom. The van der Waals surface area contributed by atoms with E-state index >= 15 is 0 Å². The van der Waals surface area contributed by atoms with Crippen LogP contribution in [-0.4, -0.2) is 41.9 Å². The SMILES string of the molecule is COC(=O)c1ccc(CN(c2cnccn2)C2NC[C@H]2F)cc1. The zero-order valence-electron chi connectivity index (χ0n) is 12.6. The van der Waals surface area contributed by atoms with Gasteiger partial charge < -0.3 is 9.64 Å². The van der Waals surface area contributed by atoms with E-state index in [1.165, 1.54) is 7.11 Å². The zero-order valence-corrected chi connectivity index (χ0v) is 12.6. The predicted octanol–water partition coefficient (Wildman–Crippen LogP) is 1.54. The van der Waals surface area contributed by atoms with Crippen LogP contribution in [0.5, 0.6) is 0 Å². The number of anilines is 1. The number of ether oxygens (including phenoxy) is 1. The van der Waals surface area contributed by atoms with Crippen LogP contribution in [0, 0.1) is 0 Å². The van der Waals surface area contributed by atoms with E-state index in [4.69, 9.17) is 0 Å². The number of methoxy groups -OCH3 is 1. The van der Waals surface area contributed by atoms with Crippen molar-refractivity contribution in [1.29, 1.82) is 0 Å². The molecule has 0 radical (unpaired) electrons. The summed E-state index contributed by atoms with van der Waals surface area (Å²) in [6, 6.07) is 7.03. The first kappa shape index (κ1) is 15.4. The molecule has 2 aromatic rings. The number of hydrogen-bond acceptors (Lipinski definition) is 6. The van der Waals surface area contributed by atoms with Crippen LogP contribution in [0.15, 0.2) is 42.9 Å². The van der Waals surface area contributed by atoms with Crippen molar-refractivity contribution < 1.29 is 13.9 Å². The lowest BCUT2D eigenvalue weighted by Crippen LogP contribution is -2.64. The number of rotatable bonds is 5. The molecule has 3 rings (SSSR count). The molecule has 1 aromatic carbocycles. The van der Waals surface area contributed by atoms with Gasteiger partial charge in [-0.25, -0.2) is 14.2 Å². The number of alkyl halides is 1. The molecule has 0 bridgehead atoms. The summed E-state index contributed by atoms with van der Waals surface area (Å²) in [7, 11) is 1.34. The van der Waals surface area contributed by atoms with E-state index in [0.29, 0.717) is 24.5 Å². The topological polar surface area (TPSA) is 67.3 Å². The van der Waals surface area contributed by atoms with Gasteiger partial charge in [0.25, 0.3) is 0 Å². The van der Waals surface area contributed by atoms with Gasteiger partial charge in [-0.15, -0.1) is 0 Å². The van der Waals surface area contributed by atoms with Crippen molar-refractivity contribution >= 4 is 11.8 Å². The Bertz CT molecular complexity index is 666. The van der Waals surface area contributed by atoms with Gasteiger partial charge in [0.15, 0.2) is 0 Å². The van der Waals surface area contributed by atoms with Crippen molar-refractivity contribution in [2.24, 2.45) is 0 Å². The molecule has 1 aromatic heterocycles. The summed E-state index contributed by atoms with van der Waals surface area (Å²) in [5.74, 6) is 0.219. The molecule has 1 fully saturated rings. The second kappa shape index (κ2) is 6.70. The smallest absolute Gasteiger partial charge is 0.337 e. The number of carbonyl (C=O) groups is 1. The van der Waals surface area contributed by atoms with Gasteiger partial charge in [0.2, 0.25) is 0 Å². The number of esters is 1. The second-order valence-electron chi connectivity index (χ2n) is 5.25. The van der Waals surface area contributed by atoms with Crippen molar-refractivity contribution in [3.63, 3.8) is 0 Å². The molecule has 1 N–H and O–H groups in total. The first-order valence-electron chi connectivity index (χ1n) is 7.26. The fourth-order valence-electron chi connectivity index (χ4n) is 2.44. The number of aromatic nitrogens is 2. The molecule has 120 valence electrons. The number of halogens is 1. The van der Waals surface area contributed by atoms with Crippen molar-refractivity contribution in [3.05, 3.63) is 54.0 Å². The van der Waals surface area contributed by atoms with E-state index in [-0.39, 0.29) is 5.97 Å². The van der Waals surface area contributed by atoms with E-state index in [1.54, 1.807) is 30.7 Å². The van der Waals surface area contributed by atoms with Gasteiger partial charge in [-0.2, -0.15) is 0 Å². The molecular formula is C16H17FN4O2. The third kappa shape index (κ3) is 3.29. The minimum absolute atomic E-state index is 0.336. The van der Waals surface area contributed by atoms with Crippen molar-refractivity contribution in [2.75, 3.05) is 18.6 Å². The lowest BCUT2D eigenvalue weighted by atomic mass is 10.1. The maximum Gasteiger partial charge on any atom is 0.337 e. The molecule has 1 saturated heterocycles. The van der Waals surface area contributed by atoms with Gasteiger partial charge in [0, 0.05) is 25.5 Å². The molecule has 0 spiro atoms. The largest absolute Gasteiger partial charge is 0.465 e. The summed E-state index contributed by atoms with van der Waals surface area (Å²) in [5, 5.41) is 3.06. The van der Waals surface area contributed by atoms with Crippen LogP contribution in [0.25, 0.3) is 0 Å². The van der Waals surface area contributed by atoms with E-state index in [0.717, 1.165) is 5.56 Å². The molecule has 1 unspecified atom stereocenters. The van der Waals surface area contributed by atoms with Gasteiger partial charge in [-0.3, -0.25) is 10.3 Å². The van der Waals surface area contributed by atoms with E-state index in [9.17, 15) is 9.18 Å². The molecule has 0 saturated carbocycles.